The van der Waals surface area contributed by atoms with Gasteiger partial charge >= 0.3 is 0 Å². The molecule has 0 saturated heterocycles. The molecule has 4 heteroatoms. The summed E-state index contributed by atoms with van der Waals surface area (Å²) in [5.74, 6) is 0. The molecule has 4 nitrogen and oxygen atoms in total. The maximum absolute atomic E-state index is 4.06. The van der Waals surface area contributed by atoms with Crippen LogP contribution in [0.25, 0.3) is 0 Å². The van der Waals surface area contributed by atoms with Gasteiger partial charge < -0.3 is 0 Å². The Labute approximate surface area is 71.0 Å². The van der Waals surface area contributed by atoms with Gasteiger partial charge in [0.2, 0.25) is 0 Å². The van der Waals surface area contributed by atoms with E-state index >= 15 is 0 Å². The van der Waals surface area contributed by atoms with Gasteiger partial charge in [0.1, 0.15) is 0 Å². The van der Waals surface area contributed by atoms with Gasteiger partial charge in [-0.05, 0) is 36.3 Å². The summed E-state index contributed by atoms with van der Waals surface area (Å²) >= 11 is 0. The second kappa shape index (κ2) is 2.06. The number of hydrogen-bond donors (Lipinski definition) is 0. The van der Waals surface area contributed by atoms with E-state index < -0.39 is 0 Å². The molecule has 0 atom stereocenters. The Morgan fingerprint density at radius 1 is 1.33 bits per heavy atom. The van der Waals surface area contributed by atoms with Gasteiger partial charge in [0.25, 0.3) is 0 Å². The predicted octanol–water partition coefficient (Wildman–Crippen LogP) is 1.18. The van der Waals surface area contributed by atoms with Crippen LogP contribution in [-0.4, -0.2) is 20.2 Å². The Hall–Kier alpha value is -0.930. The molecule has 0 unspecified atom stereocenters. The van der Waals surface area contributed by atoms with E-state index in [0.717, 1.165) is 0 Å². The predicted molar refractivity (Wildman–Crippen MR) is 42.4 cm³/mol. The first kappa shape index (κ1) is 6.57. The van der Waals surface area contributed by atoms with Crippen LogP contribution >= 0.6 is 0 Å². The molecule has 1 spiro atoms. The number of aromatic nitrogens is 4. The van der Waals surface area contributed by atoms with Crippen LogP contribution in [0, 0.1) is 5.41 Å². The smallest absolute Gasteiger partial charge is 0.161 e. The number of hydrogen-bond acceptors (Lipinski definition) is 3. The van der Waals surface area contributed by atoms with Crippen LogP contribution in [0.3, 0.4) is 0 Å². The molecule has 1 aromatic rings. The van der Waals surface area contributed by atoms with E-state index in [1.165, 1.54) is 38.4 Å². The minimum absolute atomic E-state index is 0.549. The summed E-state index contributed by atoms with van der Waals surface area (Å²) < 4.78 is 0. The van der Waals surface area contributed by atoms with E-state index in [2.05, 4.69) is 15.4 Å². The molecule has 2 aliphatic rings. The average Bonchev–Trinajstić information content (AvgIpc) is 2.32. The Morgan fingerprint density at radius 2 is 2.17 bits per heavy atom. The van der Waals surface area contributed by atoms with Crippen LogP contribution < -0.4 is 0 Å². The van der Waals surface area contributed by atoms with E-state index in [1.807, 2.05) is 0 Å². The van der Waals surface area contributed by atoms with Crippen LogP contribution in [0.2, 0.25) is 0 Å². The standard InChI is InChI=1S/C8H12N4/c1-2-8(3-1)4-7(5-8)12-10-6-9-11-12/h6-7H,1-5H2. The average molecular weight is 164 g/mol. The van der Waals surface area contributed by atoms with Crippen molar-refractivity contribution in [3.05, 3.63) is 6.33 Å². The van der Waals surface area contributed by atoms with Crippen LogP contribution in [-0.2, 0) is 0 Å². The molecule has 1 heterocycles. The highest BCUT2D eigenvalue weighted by Gasteiger charge is 2.49. The lowest BCUT2D eigenvalue weighted by molar-refractivity contribution is -0.0279. The second-order valence-corrected chi connectivity index (χ2v) is 4.17. The van der Waals surface area contributed by atoms with E-state index in [9.17, 15) is 0 Å². The quantitative estimate of drug-likeness (QED) is 0.626. The Morgan fingerprint density at radius 3 is 2.67 bits per heavy atom. The van der Waals surface area contributed by atoms with Crippen molar-refractivity contribution in [3.8, 4) is 0 Å². The van der Waals surface area contributed by atoms with Crippen molar-refractivity contribution in [1.29, 1.82) is 0 Å². The van der Waals surface area contributed by atoms with E-state index in [4.69, 9.17) is 0 Å². The minimum atomic E-state index is 0.549. The maximum atomic E-state index is 4.06. The molecule has 0 N–H and O–H groups in total. The summed E-state index contributed by atoms with van der Waals surface area (Å²) in [7, 11) is 0. The van der Waals surface area contributed by atoms with Gasteiger partial charge in [0.05, 0.1) is 6.04 Å². The van der Waals surface area contributed by atoms with Crippen molar-refractivity contribution in [3.63, 3.8) is 0 Å². The zero-order valence-electron chi connectivity index (χ0n) is 6.98. The zero-order valence-corrected chi connectivity index (χ0v) is 6.98. The molecular formula is C8H12N4. The monoisotopic (exact) mass is 164 g/mol. The molecule has 12 heavy (non-hydrogen) atoms. The first-order valence-corrected chi connectivity index (χ1v) is 4.61. The van der Waals surface area contributed by atoms with Crippen molar-refractivity contribution in [1.82, 2.24) is 20.2 Å². The second-order valence-electron chi connectivity index (χ2n) is 4.17. The summed E-state index contributed by atoms with van der Waals surface area (Å²) in [4.78, 5) is 1.77. The van der Waals surface area contributed by atoms with E-state index in [-0.39, 0.29) is 0 Å². The zero-order chi connectivity index (χ0) is 8.02. The lowest BCUT2D eigenvalue weighted by Crippen LogP contribution is -2.44. The normalized spacial score (nSPS) is 26.7. The van der Waals surface area contributed by atoms with Gasteiger partial charge in [-0.3, -0.25) is 0 Å². The van der Waals surface area contributed by atoms with Gasteiger partial charge in [-0.15, -0.1) is 10.2 Å². The van der Waals surface area contributed by atoms with Crippen LogP contribution in [0.5, 0.6) is 0 Å². The number of rotatable bonds is 1. The fraction of sp³-hybridized carbons (Fsp3) is 0.875. The Bertz CT molecular complexity index is 267. The highest BCUT2D eigenvalue weighted by Crippen LogP contribution is 2.59. The molecule has 1 aromatic heterocycles. The van der Waals surface area contributed by atoms with Crippen molar-refractivity contribution < 1.29 is 0 Å². The molecular weight excluding hydrogens is 152 g/mol. The number of tetrazole rings is 1. The molecule has 2 saturated carbocycles. The first-order chi connectivity index (χ1) is 5.88. The van der Waals surface area contributed by atoms with Gasteiger partial charge in [-0.25, -0.2) is 0 Å². The maximum Gasteiger partial charge on any atom is 0.162 e. The third-order valence-electron chi connectivity index (χ3n) is 3.44. The Kier molecular flexibility index (Phi) is 1.13. The SMILES string of the molecule is c1nnn(C2CC3(CCC3)C2)n1. The summed E-state index contributed by atoms with van der Waals surface area (Å²) in [6, 6.07) is 0.549. The highest BCUT2D eigenvalue weighted by atomic mass is 15.6. The largest absolute Gasteiger partial charge is 0.162 e. The fourth-order valence-electron chi connectivity index (χ4n) is 2.53. The lowest BCUT2D eigenvalue weighted by atomic mass is 9.54. The van der Waals surface area contributed by atoms with Crippen LogP contribution in [0.15, 0.2) is 6.33 Å². The molecule has 2 fully saturated rings. The summed E-state index contributed by atoms with van der Waals surface area (Å²) in [5.41, 5.74) is 0.707. The molecule has 0 amide bonds. The molecule has 64 valence electrons. The minimum Gasteiger partial charge on any atom is -0.161 e. The summed E-state index contributed by atoms with van der Waals surface area (Å²) in [6.45, 7) is 0. The third-order valence-corrected chi connectivity index (χ3v) is 3.44. The molecule has 0 aromatic carbocycles. The van der Waals surface area contributed by atoms with Crippen molar-refractivity contribution in [2.24, 2.45) is 5.41 Å². The highest BCUT2D eigenvalue weighted by molar-refractivity contribution is 4.99. The van der Waals surface area contributed by atoms with Crippen LogP contribution in [0.1, 0.15) is 38.1 Å². The Balaban J connectivity index is 1.69. The van der Waals surface area contributed by atoms with Crippen molar-refractivity contribution in [2.45, 2.75) is 38.1 Å². The molecule has 0 radical (unpaired) electrons. The summed E-state index contributed by atoms with van der Waals surface area (Å²) in [6.07, 6.45) is 8.37. The van der Waals surface area contributed by atoms with Crippen molar-refractivity contribution >= 4 is 0 Å². The van der Waals surface area contributed by atoms with Crippen molar-refractivity contribution in [2.75, 3.05) is 0 Å². The topological polar surface area (TPSA) is 43.6 Å². The van der Waals surface area contributed by atoms with Crippen LogP contribution in [0.4, 0.5) is 0 Å². The molecule has 0 aliphatic heterocycles. The molecule has 2 aliphatic carbocycles. The van der Waals surface area contributed by atoms with Gasteiger partial charge in [-0.1, -0.05) is 6.42 Å². The van der Waals surface area contributed by atoms with E-state index in [1.54, 1.807) is 4.80 Å². The first-order valence-electron chi connectivity index (χ1n) is 4.61. The van der Waals surface area contributed by atoms with Gasteiger partial charge in [0.15, 0.2) is 6.33 Å². The molecule has 3 rings (SSSR count). The van der Waals surface area contributed by atoms with Gasteiger partial charge in [0, 0.05) is 0 Å². The third kappa shape index (κ3) is 0.750. The molecule has 0 bridgehead atoms. The number of nitrogens with zero attached hydrogens (tertiary/aromatic N) is 4. The lowest BCUT2D eigenvalue weighted by Gasteiger charge is -2.53. The summed E-state index contributed by atoms with van der Waals surface area (Å²) in [5, 5.41) is 11.7. The van der Waals surface area contributed by atoms with E-state index in [0.29, 0.717) is 11.5 Å². The fourth-order valence-corrected chi connectivity index (χ4v) is 2.53. The van der Waals surface area contributed by atoms with Gasteiger partial charge in [-0.2, -0.15) is 4.80 Å².